The van der Waals surface area contributed by atoms with Crippen LogP contribution in [0.2, 0.25) is 0 Å². The van der Waals surface area contributed by atoms with Gasteiger partial charge in [-0.15, -0.1) is 0 Å². The molecule has 2 aliphatic rings. The molecule has 2 N–H and O–H groups in total. The zero-order valence-electron chi connectivity index (χ0n) is 32.6. The van der Waals surface area contributed by atoms with Crippen molar-refractivity contribution in [2.24, 2.45) is 11.8 Å². The Labute approximate surface area is 331 Å². The van der Waals surface area contributed by atoms with Crippen molar-refractivity contribution >= 4 is 46.7 Å². The molecule has 2 amide bonds. The number of allylic oxidation sites excluding steroid dienone is 2. The average molecular weight is 927 g/mol. The van der Waals surface area contributed by atoms with Gasteiger partial charge in [0.1, 0.15) is 0 Å². The van der Waals surface area contributed by atoms with Crippen LogP contribution in [0.1, 0.15) is 108 Å². The molecule has 54 heavy (non-hydrogen) atoms. The fourth-order valence-electron chi connectivity index (χ4n) is 9.29. The summed E-state index contributed by atoms with van der Waals surface area (Å²) in [5.41, 5.74) is 14.1. The number of unbranched alkanes of at least 4 members (excludes halogenated alkanes) is 2. The number of aryl methyl sites for hydroxylation is 2. The Morgan fingerprint density at radius 2 is 1.00 bits per heavy atom. The van der Waals surface area contributed by atoms with Gasteiger partial charge in [0, 0.05) is 0 Å². The van der Waals surface area contributed by atoms with Gasteiger partial charge in [-0.05, 0) is 0 Å². The molecule has 0 bridgehead atoms. The fraction of sp³-hybridized carbons (Fsp3) is 0.348. The normalized spacial score (nSPS) is 17.0. The minimum absolute atomic E-state index is 0.0934. The molecule has 0 spiro atoms. The van der Waals surface area contributed by atoms with Gasteiger partial charge < -0.3 is 0 Å². The molecule has 0 aliphatic heterocycles. The van der Waals surface area contributed by atoms with Crippen LogP contribution in [0.15, 0.2) is 96.1 Å². The first-order valence-electron chi connectivity index (χ1n) is 19.8. The number of carbonyl (C=O) groups excluding carboxylic acids is 2. The van der Waals surface area contributed by atoms with E-state index in [1.807, 2.05) is 0 Å². The SMILES string of the molecule is CCCCc1ccccc1-c1cccc2c1C=C(C(C)C)[CH]2[Hf]([Cl])([Cl])([B](NC=O)NC=O)[CH]1C(C(C)C)=Cc2c(-c3ccccc3CCCC)cccc21. The van der Waals surface area contributed by atoms with Crippen molar-refractivity contribution in [1.29, 1.82) is 0 Å². The van der Waals surface area contributed by atoms with Crippen molar-refractivity contribution in [3.63, 3.8) is 0 Å². The first-order valence-corrected chi connectivity index (χ1v) is 35.0. The maximum absolute atomic E-state index is 12.6. The predicted octanol–water partition coefficient (Wildman–Crippen LogP) is 12.1. The van der Waals surface area contributed by atoms with Crippen molar-refractivity contribution in [1.82, 2.24) is 10.5 Å². The van der Waals surface area contributed by atoms with Crippen LogP contribution < -0.4 is 10.5 Å². The molecule has 0 fully saturated rings. The van der Waals surface area contributed by atoms with Crippen molar-refractivity contribution in [3.8, 4) is 22.3 Å². The molecule has 6 rings (SSSR count). The average Bonchev–Trinajstić information content (AvgIpc) is 3.78. The molecule has 2 atom stereocenters. The van der Waals surface area contributed by atoms with E-state index in [0.717, 1.165) is 83.1 Å². The minimum atomic E-state index is -6.08. The second-order valence-electron chi connectivity index (χ2n) is 15.8. The number of carbonyl (C=O) groups is 2. The van der Waals surface area contributed by atoms with Gasteiger partial charge in [-0.1, -0.05) is 0 Å². The van der Waals surface area contributed by atoms with Crippen LogP contribution in [-0.2, 0) is 38.3 Å². The molecule has 8 heteroatoms. The van der Waals surface area contributed by atoms with E-state index < -0.39 is 27.8 Å². The second-order valence-corrected chi connectivity index (χ2v) is 46.3. The van der Waals surface area contributed by atoms with Crippen LogP contribution in [0.3, 0.4) is 0 Å². The van der Waals surface area contributed by atoms with Gasteiger partial charge in [0.05, 0.1) is 0 Å². The molecule has 0 saturated heterocycles. The van der Waals surface area contributed by atoms with Gasteiger partial charge in [0.25, 0.3) is 0 Å². The molecule has 0 saturated carbocycles. The van der Waals surface area contributed by atoms with E-state index in [1.165, 1.54) is 22.3 Å². The summed E-state index contributed by atoms with van der Waals surface area (Å²) in [5.74, 6) is 0.187. The van der Waals surface area contributed by atoms with E-state index in [-0.39, 0.29) is 11.8 Å². The van der Waals surface area contributed by atoms with E-state index in [9.17, 15) is 9.59 Å². The number of hydrogen-bond donors (Lipinski definition) is 2. The molecule has 4 nitrogen and oxygen atoms in total. The number of nitrogens with one attached hydrogen (secondary N) is 2. The van der Waals surface area contributed by atoms with Gasteiger partial charge in [-0.25, -0.2) is 0 Å². The fourth-order valence-corrected chi connectivity index (χ4v) is 39.3. The number of fused-ring (bicyclic) bond motifs is 2. The number of hydrogen-bond acceptors (Lipinski definition) is 2. The van der Waals surface area contributed by atoms with Crippen LogP contribution in [-0.4, -0.2) is 17.4 Å². The third-order valence-corrected chi connectivity index (χ3v) is 40.3. The number of amides is 2. The molecule has 4 aromatic carbocycles. The Balaban J connectivity index is 1.66. The summed E-state index contributed by atoms with van der Waals surface area (Å²) in [6, 6.07) is 30.4. The van der Waals surface area contributed by atoms with Gasteiger partial charge in [0.15, 0.2) is 0 Å². The first-order chi connectivity index (χ1) is 26.0. The van der Waals surface area contributed by atoms with Crippen LogP contribution in [0.5, 0.6) is 0 Å². The Hall–Kier alpha value is -3.18. The van der Waals surface area contributed by atoms with Crippen molar-refractivity contribution in [2.45, 2.75) is 87.4 Å². The van der Waals surface area contributed by atoms with Gasteiger partial charge in [-0.2, -0.15) is 0 Å². The van der Waals surface area contributed by atoms with Crippen LogP contribution in [0.25, 0.3) is 34.4 Å². The third kappa shape index (κ3) is 7.16. The standard InChI is InChI=1S/2C22H25.C2H3BN2O2.2ClH.Hf/c2*1-4-5-9-17-10-6-7-12-20(17)21-13-8-11-18-14-19(16(2)3)15-22(18)21;6-1-4-3-5-2-7;;;/h2*6-8,10-16H,4-5,9H2,1-3H3;1-2H,(H-,4,5,6,7);2*1H;/q;;;;;+1/p-1. The molecule has 0 heterocycles. The summed E-state index contributed by atoms with van der Waals surface area (Å²) >= 11 is -6.08. The van der Waals surface area contributed by atoms with E-state index in [4.69, 9.17) is 17.2 Å². The summed E-state index contributed by atoms with van der Waals surface area (Å²) in [4.78, 5) is 25.2. The monoisotopic (exact) mass is 927 g/mol. The Morgan fingerprint density at radius 1 is 0.611 bits per heavy atom. The summed E-state index contributed by atoms with van der Waals surface area (Å²) in [7, 11) is 17.4. The quantitative estimate of drug-likeness (QED) is 0.0819. The summed E-state index contributed by atoms with van der Waals surface area (Å²) < 4.78 is -1.74. The summed E-state index contributed by atoms with van der Waals surface area (Å²) in [5, 5.41) is 6.02. The zero-order valence-corrected chi connectivity index (χ0v) is 37.7. The Bertz CT molecular complexity index is 1950. The second kappa shape index (κ2) is 16.9. The van der Waals surface area contributed by atoms with Crippen molar-refractivity contribution < 1.29 is 25.5 Å². The van der Waals surface area contributed by atoms with Crippen LogP contribution >= 0.6 is 17.2 Å². The maximum atomic E-state index is 12.6. The van der Waals surface area contributed by atoms with E-state index >= 15 is 0 Å². The number of rotatable bonds is 17. The molecule has 281 valence electrons. The van der Waals surface area contributed by atoms with Gasteiger partial charge >= 0.3 is 334 Å². The zero-order chi connectivity index (χ0) is 38.6. The molecule has 0 radical (unpaired) electrons. The third-order valence-electron chi connectivity index (χ3n) is 11.9. The van der Waals surface area contributed by atoms with Gasteiger partial charge in [0.2, 0.25) is 0 Å². The number of benzene rings is 4. The summed E-state index contributed by atoms with van der Waals surface area (Å²) in [6.07, 6.45) is 12.4. The van der Waals surface area contributed by atoms with Crippen molar-refractivity contribution in [3.05, 3.63) is 129 Å². The molecule has 2 unspecified atom stereocenters. The predicted molar refractivity (Wildman–Crippen MR) is 228 cm³/mol. The Morgan fingerprint density at radius 3 is 1.37 bits per heavy atom. The van der Waals surface area contributed by atoms with Gasteiger partial charge in [-0.3, -0.25) is 0 Å². The first kappa shape index (κ1) is 40.5. The molecular formula is C46H54BCl2HfN2O2. The molecular weight excluding hydrogens is 873 g/mol. The number of halogens is 2. The van der Waals surface area contributed by atoms with E-state index in [0.29, 0.717) is 12.8 Å². The van der Waals surface area contributed by atoms with Crippen LogP contribution in [0.4, 0.5) is 0 Å². The molecule has 0 aromatic heterocycles. The van der Waals surface area contributed by atoms with Crippen LogP contribution in [0, 0.1) is 11.8 Å². The van der Waals surface area contributed by atoms with E-state index in [1.54, 1.807) is 0 Å². The van der Waals surface area contributed by atoms with Crippen molar-refractivity contribution in [2.75, 3.05) is 0 Å². The summed E-state index contributed by atoms with van der Waals surface area (Å²) in [6.45, 7) is 13.3. The molecule has 2 aliphatic carbocycles. The molecule has 4 aromatic rings. The van der Waals surface area contributed by atoms with E-state index in [2.05, 4.69) is 149 Å². The topological polar surface area (TPSA) is 58.2 Å². The Kier molecular flexibility index (Phi) is 12.7.